The minimum Gasteiger partial charge on any atom is -0.254 e. The Morgan fingerprint density at radius 1 is 0.512 bits per heavy atom. The van der Waals surface area contributed by atoms with Crippen LogP contribution in [0.4, 0.5) is 11.4 Å². The van der Waals surface area contributed by atoms with Gasteiger partial charge < -0.3 is 0 Å². The molecular formula is C40H60N2Ni. The Morgan fingerprint density at radius 2 is 0.884 bits per heavy atom. The number of aliphatic imine (C=N–C) groups is 2. The van der Waals surface area contributed by atoms with Gasteiger partial charge in [-0.15, -0.1) is 0 Å². The summed E-state index contributed by atoms with van der Waals surface area (Å²) in [5, 5.41) is 0. The molecule has 2 aromatic carbocycles. The second-order valence-electron chi connectivity index (χ2n) is 11.9. The Kier molecular flexibility index (Phi) is 27.0. The third-order valence-corrected chi connectivity index (χ3v) is 7.97. The van der Waals surface area contributed by atoms with Gasteiger partial charge in [-0.2, -0.15) is 0 Å². The molecule has 2 aromatic rings. The number of rotatable bonds is 25. The molecule has 0 saturated heterocycles. The molecule has 0 radical (unpaired) electrons. The zero-order valence-electron chi connectivity index (χ0n) is 27.3. The fourth-order valence-electron chi connectivity index (χ4n) is 5.36. The van der Waals surface area contributed by atoms with E-state index in [-0.39, 0.29) is 16.5 Å². The Labute approximate surface area is 276 Å². The average molecular weight is 628 g/mol. The molecule has 0 heterocycles. The van der Waals surface area contributed by atoms with E-state index in [4.69, 9.17) is 4.99 Å². The Bertz CT molecular complexity index is 987. The van der Waals surface area contributed by atoms with E-state index < -0.39 is 0 Å². The summed E-state index contributed by atoms with van der Waals surface area (Å²) in [4.78, 5) is 9.25. The van der Waals surface area contributed by atoms with Crippen LogP contribution in [0.2, 0.25) is 0 Å². The van der Waals surface area contributed by atoms with E-state index in [2.05, 4.69) is 23.8 Å². The van der Waals surface area contributed by atoms with Crippen molar-refractivity contribution in [2.24, 2.45) is 9.98 Å². The summed E-state index contributed by atoms with van der Waals surface area (Å²) >= 11 is 0. The first-order valence-corrected chi connectivity index (χ1v) is 17.6. The van der Waals surface area contributed by atoms with Crippen LogP contribution < -0.4 is 0 Å². The maximum Gasteiger partial charge on any atom is 0.132 e. The van der Waals surface area contributed by atoms with Crippen molar-refractivity contribution in [3.63, 3.8) is 0 Å². The fraction of sp³-hybridized carbons (Fsp3) is 0.600. The van der Waals surface area contributed by atoms with E-state index in [0.29, 0.717) is 5.71 Å². The van der Waals surface area contributed by atoms with E-state index >= 15 is 0 Å². The van der Waals surface area contributed by atoms with Gasteiger partial charge in [0.1, 0.15) is 5.71 Å². The third kappa shape index (κ3) is 23.9. The second-order valence-corrected chi connectivity index (χ2v) is 11.9. The third-order valence-electron chi connectivity index (χ3n) is 7.97. The van der Waals surface area contributed by atoms with Crippen molar-refractivity contribution in [1.82, 2.24) is 0 Å². The van der Waals surface area contributed by atoms with Gasteiger partial charge in [0.05, 0.1) is 17.6 Å². The monoisotopic (exact) mass is 626 g/mol. The van der Waals surface area contributed by atoms with Gasteiger partial charge in [-0.1, -0.05) is 184 Å². The normalized spacial score (nSPS) is 11.3. The maximum absolute atomic E-state index is 4.70. The zero-order valence-corrected chi connectivity index (χ0v) is 28.3. The minimum atomic E-state index is 0. The molecular weight excluding hydrogens is 567 g/mol. The predicted molar refractivity (Wildman–Crippen MR) is 188 cm³/mol. The molecule has 43 heavy (non-hydrogen) atoms. The van der Waals surface area contributed by atoms with E-state index in [1.54, 1.807) is 6.21 Å². The summed E-state index contributed by atoms with van der Waals surface area (Å²) < 4.78 is 0. The van der Waals surface area contributed by atoms with E-state index in [1.807, 2.05) is 60.7 Å². The molecule has 0 aliphatic carbocycles. The Hall–Kier alpha value is -2.17. The summed E-state index contributed by atoms with van der Waals surface area (Å²) in [6.45, 7) is 2.30. The number of para-hydroxylation sites is 2. The van der Waals surface area contributed by atoms with Crippen molar-refractivity contribution < 1.29 is 16.5 Å². The second kappa shape index (κ2) is 29.9. The molecule has 0 spiro atoms. The molecule has 0 bridgehead atoms. The van der Waals surface area contributed by atoms with Gasteiger partial charge >= 0.3 is 0 Å². The van der Waals surface area contributed by atoms with Gasteiger partial charge in [-0.25, -0.2) is 4.99 Å². The van der Waals surface area contributed by atoms with Gasteiger partial charge in [0.15, 0.2) is 0 Å². The average Bonchev–Trinajstić information content (AvgIpc) is 3.02. The van der Waals surface area contributed by atoms with Crippen molar-refractivity contribution in [1.29, 1.82) is 0 Å². The van der Waals surface area contributed by atoms with E-state index in [0.717, 1.165) is 17.8 Å². The quantitative estimate of drug-likeness (QED) is 0.0453. The minimum absolute atomic E-state index is 0. The molecule has 0 atom stereocenters. The van der Waals surface area contributed by atoms with Crippen LogP contribution in [0.5, 0.6) is 0 Å². The first-order chi connectivity index (χ1) is 20.9. The van der Waals surface area contributed by atoms with Gasteiger partial charge in [-0.05, 0) is 36.6 Å². The Balaban J connectivity index is 0.00000924. The SMILES string of the molecule is CCCCCCCCCCCCCCCCCCCCCCCCC#CC(/C=N/c1ccccc1)=N\c1ccccc1.[Ni]. The molecule has 2 rings (SSSR count). The van der Waals surface area contributed by atoms with Gasteiger partial charge in [0, 0.05) is 22.9 Å². The predicted octanol–water partition coefficient (Wildman–Crippen LogP) is 13.2. The molecule has 0 unspecified atom stereocenters. The van der Waals surface area contributed by atoms with Crippen LogP contribution in [-0.4, -0.2) is 11.9 Å². The summed E-state index contributed by atoms with van der Waals surface area (Å²) in [7, 11) is 0. The number of hydrogen-bond donors (Lipinski definition) is 0. The van der Waals surface area contributed by atoms with Crippen LogP contribution in [0.25, 0.3) is 0 Å². The largest absolute Gasteiger partial charge is 0.254 e. The molecule has 2 nitrogen and oxygen atoms in total. The molecule has 240 valence electrons. The molecule has 0 aromatic heterocycles. The first kappa shape index (κ1) is 38.9. The first-order valence-electron chi connectivity index (χ1n) is 17.6. The smallest absolute Gasteiger partial charge is 0.132 e. The standard InChI is InChI=1S/C40H60N2.Ni/c1-2-3-4-5-6-7-8-9-10-11-12-13-14-15-16-17-18-19-20-21-22-23-24-27-36-40(42-39-34-30-26-31-35-39)37-41-38-32-28-25-29-33-38;/h25-26,28-35,37H,2-24H2,1H3;/b41-37+,42-40+;. The fourth-order valence-corrected chi connectivity index (χ4v) is 5.36. The number of unbranched alkanes of at least 4 members (excludes halogenated alkanes) is 22. The van der Waals surface area contributed by atoms with Crippen LogP contribution >= 0.6 is 0 Å². The summed E-state index contributed by atoms with van der Waals surface area (Å²) in [6.07, 6.45) is 33.9. The van der Waals surface area contributed by atoms with Crippen LogP contribution in [0.15, 0.2) is 70.6 Å². The van der Waals surface area contributed by atoms with Gasteiger partial charge in [-0.3, -0.25) is 4.99 Å². The van der Waals surface area contributed by atoms with E-state index in [9.17, 15) is 0 Å². The van der Waals surface area contributed by atoms with Gasteiger partial charge in [0.2, 0.25) is 0 Å². The molecule has 0 saturated carbocycles. The molecule has 0 fully saturated rings. The molecule has 0 aliphatic rings. The summed E-state index contributed by atoms with van der Waals surface area (Å²) in [5.74, 6) is 6.59. The number of hydrogen-bond acceptors (Lipinski definition) is 2. The number of nitrogens with zero attached hydrogens (tertiary/aromatic N) is 2. The van der Waals surface area contributed by atoms with Gasteiger partial charge in [0.25, 0.3) is 0 Å². The van der Waals surface area contributed by atoms with Crippen molar-refractivity contribution in [2.45, 2.75) is 155 Å². The van der Waals surface area contributed by atoms with Crippen molar-refractivity contribution in [3.8, 4) is 11.8 Å². The topological polar surface area (TPSA) is 24.7 Å². The van der Waals surface area contributed by atoms with Crippen molar-refractivity contribution in [2.75, 3.05) is 0 Å². The van der Waals surface area contributed by atoms with Crippen molar-refractivity contribution in [3.05, 3.63) is 60.7 Å². The molecule has 0 amide bonds. The zero-order chi connectivity index (χ0) is 29.6. The van der Waals surface area contributed by atoms with Crippen LogP contribution in [0.3, 0.4) is 0 Å². The van der Waals surface area contributed by atoms with Crippen LogP contribution in [-0.2, 0) is 16.5 Å². The molecule has 0 aliphatic heterocycles. The summed E-state index contributed by atoms with van der Waals surface area (Å²) in [5.41, 5.74) is 2.54. The van der Waals surface area contributed by atoms with Crippen molar-refractivity contribution >= 4 is 23.3 Å². The summed E-state index contributed by atoms with van der Waals surface area (Å²) in [6, 6.07) is 20.0. The Morgan fingerprint density at radius 3 is 1.30 bits per heavy atom. The van der Waals surface area contributed by atoms with E-state index in [1.165, 1.54) is 141 Å². The van der Waals surface area contributed by atoms with Crippen LogP contribution in [0, 0.1) is 11.8 Å². The van der Waals surface area contributed by atoms with Crippen LogP contribution in [0.1, 0.15) is 155 Å². The number of benzene rings is 2. The molecule has 0 N–H and O–H groups in total. The maximum atomic E-state index is 4.70. The molecule has 3 heteroatoms.